The summed E-state index contributed by atoms with van der Waals surface area (Å²) in [7, 11) is 1.63. The summed E-state index contributed by atoms with van der Waals surface area (Å²) >= 11 is 0. The third kappa shape index (κ3) is 3.45. The molecule has 0 heterocycles. The topological polar surface area (TPSA) is 70.0 Å². The lowest BCUT2D eigenvalue weighted by atomic mass is 10.2. The smallest absolute Gasteiger partial charge is 0.410 e. The van der Waals surface area contributed by atoms with Gasteiger partial charge in [-0.2, -0.15) is 0 Å². The van der Waals surface area contributed by atoms with Gasteiger partial charge >= 0.3 is 6.09 Å². The summed E-state index contributed by atoms with van der Waals surface area (Å²) < 4.78 is 5.20. The number of carbonyl (C=O) groups excluding carboxylic acids is 1. The molecule has 1 aliphatic rings. The fourth-order valence-corrected chi connectivity index (χ4v) is 2.25. The maximum Gasteiger partial charge on any atom is 0.410 e. The Morgan fingerprint density at radius 1 is 1.26 bits per heavy atom. The van der Waals surface area contributed by atoms with E-state index >= 15 is 0 Å². The highest BCUT2D eigenvalue weighted by molar-refractivity contribution is 5.67. The summed E-state index contributed by atoms with van der Waals surface area (Å²) in [4.78, 5) is 13.3. The average Bonchev–Trinajstić information content (AvgIpc) is 2.76. The average molecular weight is 265 g/mol. The van der Waals surface area contributed by atoms with Crippen molar-refractivity contribution in [2.45, 2.75) is 37.7 Å². The molecule has 0 radical (unpaired) electrons. The van der Waals surface area contributed by atoms with Gasteiger partial charge in [0.1, 0.15) is 6.61 Å². The van der Waals surface area contributed by atoms with Gasteiger partial charge in [0.25, 0.3) is 0 Å². The van der Waals surface area contributed by atoms with E-state index in [0.29, 0.717) is 12.8 Å². The van der Waals surface area contributed by atoms with Crippen molar-refractivity contribution in [3.63, 3.8) is 0 Å². The normalized spacial score (nSPS) is 26.2. The lowest BCUT2D eigenvalue weighted by molar-refractivity contribution is 0.0438. The standard InChI is InChI=1S/C14H19NO4/c1-15(11-7-12(16)13(17)8-11)14(18)19-9-10-5-3-2-4-6-10/h2-6,11-13,16-17H,7-9H2,1H3. The minimum Gasteiger partial charge on any atom is -0.445 e. The molecule has 1 aliphatic carbocycles. The quantitative estimate of drug-likeness (QED) is 0.860. The summed E-state index contributed by atoms with van der Waals surface area (Å²) in [6, 6.07) is 9.27. The van der Waals surface area contributed by atoms with E-state index in [4.69, 9.17) is 4.74 Å². The van der Waals surface area contributed by atoms with Crippen LogP contribution in [0.15, 0.2) is 30.3 Å². The number of amides is 1. The molecule has 5 heteroatoms. The number of hydrogen-bond donors (Lipinski definition) is 2. The van der Waals surface area contributed by atoms with Crippen molar-refractivity contribution < 1.29 is 19.7 Å². The van der Waals surface area contributed by atoms with Crippen LogP contribution in [0.1, 0.15) is 18.4 Å². The van der Waals surface area contributed by atoms with Crippen LogP contribution in [0.4, 0.5) is 4.79 Å². The van der Waals surface area contributed by atoms with Gasteiger partial charge in [-0.15, -0.1) is 0 Å². The molecule has 1 saturated carbocycles. The first-order chi connectivity index (χ1) is 9.08. The summed E-state index contributed by atoms with van der Waals surface area (Å²) in [5, 5.41) is 19.0. The number of benzene rings is 1. The predicted molar refractivity (Wildman–Crippen MR) is 69.4 cm³/mol. The number of hydrogen-bond acceptors (Lipinski definition) is 4. The maximum absolute atomic E-state index is 11.9. The van der Waals surface area contributed by atoms with Crippen LogP contribution >= 0.6 is 0 Å². The highest BCUT2D eigenvalue weighted by Gasteiger charge is 2.35. The third-order valence-electron chi connectivity index (χ3n) is 3.51. The van der Waals surface area contributed by atoms with Gasteiger partial charge in [-0.3, -0.25) is 0 Å². The number of nitrogens with zero attached hydrogens (tertiary/aromatic N) is 1. The van der Waals surface area contributed by atoms with Crippen LogP contribution in [0.3, 0.4) is 0 Å². The predicted octanol–water partition coefficient (Wildman–Crippen LogP) is 1.14. The van der Waals surface area contributed by atoms with Crippen molar-refractivity contribution in [3.05, 3.63) is 35.9 Å². The van der Waals surface area contributed by atoms with Gasteiger partial charge in [-0.25, -0.2) is 4.79 Å². The fourth-order valence-electron chi connectivity index (χ4n) is 2.25. The Bertz CT molecular complexity index is 413. The molecule has 0 aliphatic heterocycles. The molecule has 0 bridgehead atoms. The molecule has 0 saturated heterocycles. The molecule has 1 aromatic carbocycles. The third-order valence-corrected chi connectivity index (χ3v) is 3.51. The Morgan fingerprint density at radius 3 is 2.42 bits per heavy atom. The molecule has 2 N–H and O–H groups in total. The Labute approximate surface area is 112 Å². The summed E-state index contributed by atoms with van der Waals surface area (Å²) in [5.74, 6) is 0. The highest BCUT2D eigenvalue weighted by Crippen LogP contribution is 2.24. The van der Waals surface area contributed by atoms with E-state index in [9.17, 15) is 15.0 Å². The lowest BCUT2D eigenvalue weighted by Crippen LogP contribution is -2.36. The Kier molecular flexibility index (Phi) is 4.39. The molecule has 2 atom stereocenters. The zero-order valence-electron chi connectivity index (χ0n) is 10.9. The van der Waals surface area contributed by atoms with E-state index in [0.717, 1.165) is 5.56 Å². The lowest BCUT2D eigenvalue weighted by Gasteiger charge is -2.23. The van der Waals surface area contributed by atoms with E-state index in [1.807, 2.05) is 30.3 Å². The molecule has 19 heavy (non-hydrogen) atoms. The molecular weight excluding hydrogens is 246 g/mol. The zero-order valence-corrected chi connectivity index (χ0v) is 10.9. The molecule has 2 rings (SSSR count). The Morgan fingerprint density at radius 2 is 1.84 bits per heavy atom. The SMILES string of the molecule is CN(C(=O)OCc1ccccc1)C1CC(O)C(O)C1. The second-order valence-corrected chi connectivity index (χ2v) is 4.91. The van der Waals surface area contributed by atoms with Crippen molar-refractivity contribution >= 4 is 6.09 Å². The molecule has 1 aromatic rings. The number of carbonyl (C=O) groups is 1. The van der Waals surface area contributed by atoms with Crippen LogP contribution in [-0.4, -0.2) is 46.5 Å². The summed E-state index contributed by atoms with van der Waals surface area (Å²) in [6.45, 7) is 0.224. The molecule has 0 spiro atoms. The minimum atomic E-state index is -0.755. The van der Waals surface area contributed by atoms with Crippen LogP contribution in [0, 0.1) is 0 Å². The van der Waals surface area contributed by atoms with Crippen molar-refractivity contribution in [3.8, 4) is 0 Å². The summed E-state index contributed by atoms with van der Waals surface area (Å²) in [6.07, 6.45) is -1.17. The van der Waals surface area contributed by atoms with Crippen molar-refractivity contribution in [2.75, 3.05) is 7.05 Å². The van der Waals surface area contributed by atoms with Gasteiger partial charge in [0.05, 0.1) is 12.2 Å². The van der Waals surface area contributed by atoms with E-state index in [1.165, 1.54) is 4.90 Å². The zero-order chi connectivity index (χ0) is 13.8. The largest absolute Gasteiger partial charge is 0.445 e. The van der Waals surface area contributed by atoms with Crippen LogP contribution in [-0.2, 0) is 11.3 Å². The Balaban J connectivity index is 1.83. The van der Waals surface area contributed by atoms with Crippen molar-refractivity contribution in [2.24, 2.45) is 0 Å². The Hall–Kier alpha value is -1.59. The van der Waals surface area contributed by atoms with E-state index < -0.39 is 18.3 Å². The molecule has 0 aromatic heterocycles. The fraction of sp³-hybridized carbons (Fsp3) is 0.500. The van der Waals surface area contributed by atoms with Gasteiger partial charge in [0.15, 0.2) is 0 Å². The molecule has 1 amide bonds. The minimum absolute atomic E-state index is 0.173. The van der Waals surface area contributed by atoms with Gasteiger partial charge in [0, 0.05) is 13.1 Å². The van der Waals surface area contributed by atoms with Crippen LogP contribution in [0.25, 0.3) is 0 Å². The molecule has 2 unspecified atom stereocenters. The highest BCUT2D eigenvalue weighted by atomic mass is 16.6. The van der Waals surface area contributed by atoms with Crippen LogP contribution in [0.5, 0.6) is 0 Å². The molecule has 5 nitrogen and oxygen atoms in total. The number of aliphatic hydroxyl groups is 2. The molecule has 1 fully saturated rings. The maximum atomic E-state index is 11.9. The first kappa shape index (κ1) is 13.8. The van der Waals surface area contributed by atoms with Gasteiger partial charge in [-0.05, 0) is 18.4 Å². The first-order valence-corrected chi connectivity index (χ1v) is 6.37. The van der Waals surface area contributed by atoms with Crippen LogP contribution in [0.2, 0.25) is 0 Å². The number of rotatable bonds is 3. The van der Waals surface area contributed by atoms with Gasteiger partial charge < -0.3 is 19.8 Å². The van der Waals surface area contributed by atoms with Crippen molar-refractivity contribution in [1.29, 1.82) is 0 Å². The van der Waals surface area contributed by atoms with Crippen molar-refractivity contribution in [1.82, 2.24) is 4.90 Å². The second-order valence-electron chi connectivity index (χ2n) is 4.91. The number of ether oxygens (including phenoxy) is 1. The van der Waals surface area contributed by atoms with Crippen LogP contribution < -0.4 is 0 Å². The molecule has 104 valence electrons. The van der Waals surface area contributed by atoms with E-state index in [-0.39, 0.29) is 12.6 Å². The second kappa shape index (κ2) is 6.04. The number of aliphatic hydroxyl groups excluding tert-OH is 2. The van der Waals surface area contributed by atoms with E-state index in [2.05, 4.69) is 0 Å². The summed E-state index contributed by atoms with van der Waals surface area (Å²) in [5.41, 5.74) is 0.927. The van der Waals surface area contributed by atoms with E-state index in [1.54, 1.807) is 7.05 Å². The van der Waals surface area contributed by atoms with Gasteiger partial charge in [0.2, 0.25) is 0 Å². The monoisotopic (exact) mass is 265 g/mol. The molecular formula is C14H19NO4. The van der Waals surface area contributed by atoms with Gasteiger partial charge in [-0.1, -0.05) is 30.3 Å². The first-order valence-electron chi connectivity index (χ1n) is 6.37.